The van der Waals surface area contributed by atoms with Crippen LogP contribution < -0.4 is 23.8 Å². The van der Waals surface area contributed by atoms with E-state index in [0.29, 0.717) is 23.9 Å². The van der Waals surface area contributed by atoms with E-state index < -0.39 is 0 Å². The summed E-state index contributed by atoms with van der Waals surface area (Å²) in [5.74, 6) is 2.84. The van der Waals surface area contributed by atoms with Crippen LogP contribution in [0, 0.1) is 6.92 Å². The molecule has 0 spiro atoms. The standard InChI is InChI=1S/C26H33N3O4S/c1-7-33-20-8-9-21-25(14-20)34-24(10-11-29(21)16-19-15-27-28(3)17(19)2)18-12-22(30-4)26(32-6)23(13-18)31-5/h8-9,12-15,24H,7,10-11,16H2,1-6H3/t24-/m1/s1. The third-order valence-electron chi connectivity index (χ3n) is 6.27. The Labute approximate surface area is 205 Å². The first-order valence-electron chi connectivity index (χ1n) is 11.4. The van der Waals surface area contributed by atoms with Gasteiger partial charge >= 0.3 is 0 Å². The number of aryl methyl sites for hydroxylation is 1. The summed E-state index contributed by atoms with van der Waals surface area (Å²) in [6, 6.07) is 10.5. The zero-order chi connectivity index (χ0) is 24.2. The van der Waals surface area contributed by atoms with E-state index in [1.54, 1.807) is 21.3 Å². The van der Waals surface area contributed by atoms with Crippen LogP contribution in [0.25, 0.3) is 0 Å². The van der Waals surface area contributed by atoms with Crippen molar-refractivity contribution >= 4 is 17.4 Å². The van der Waals surface area contributed by atoms with Gasteiger partial charge in [-0.1, -0.05) is 0 Å². The van der Waals surface area contributed by atoms with Crippen LogP contribution in [0.3, 0.4) is 0 Å². The Hall–Kier alpha value is -3.00. The highest BCUT2D eigenvalue weighted by molar-refractivity contribution is 7.99. The maximum atomic E-state index is 5.83. The van der Waals surface area contributed by atoms with Crippen molar-refractivity contribution in [3.05, 3.63) is 53.3 Å². The number of nitrogens with zero attached hydrogens (tertiary/aromatic N) is 3. The molecule has 0 fully saturated rings. The molecule has 8 heteroatoms. The molecule has 1 aliphatic heterocycles. The fraction of sp³-hybridized carbons (Fsp3) is 0.423. The summed E-state index contributed by atoms with van der Waals surface area (Å²) in [5, 5.41) is 4.65. The van der Waals surface area contributed by atoms with Gasteiger partial charge in [0.25, 0.3) is 0 Å². The topological polar surface area (TPSA) is 58.0 Å². The van der Waals surface area contributed by atoms with E-state index in [4.69, 9.17) is 18.9 Å². The molecule has 0 saturated heterocycles. The number of fused-ring (bicyclic) bond motifs is 1. The lowest BCUT2D eigenvalue weighted by Gasteiger charge is -2.25. The van der Waals surface area contributed by atoms with Crippen LogP contribution in [0.15, 0.2) is 41.4 Å². The first-order chi connectivity index (χ1) is 16.5. The van der Waals surface area contributed by atoms with Crippen LogP contribution in [0.4, 0.5) is 5.69 Å². The number of aromatic nitrogens is 2. The number of hydrogen-bond donors (Lipinski definition) is 0. The average Bonchev–Trinajstić information content (AvgIpc) is 3.05. The molecule has 2 aromatic carbocycles. The van der Waals surface area contributed by atoms with Crippen LogP contribution in [-0.4, -0.2) is 44.3 Å². The minimum Gasteiger partial charge on any atom is -0.494 e. The number of hydrogen-bond acceptors (Lipinski definition) is 7. The highest BCUT2D eigenvalue weighted by atomic mass is 32.2. The van der Waals surface area contributed by atoms with Gasteiger partial charge in [-0.3, -0.25) is 4.68 Å². The molecular formula is C26H33N3O4S. The molecule has 7 nitrogen and oxygen atoms in total. The van der Waals surface area contributed by atoms with E-state index in [9.17, 15) is 0 Å². The minimum atomic E-state index is 0.212. The monoisotopic (exact) mass is 483 g/mol. The van der Waals surface area contributed by atoms with Crippen molar-refractivity contribution in [1.82, 2.24) is 9.78 Å². The summed E-state index contributed by atoms with van der Waals surface area (Å²) in [4.78, 5) is 3.64. The second-order valence-electron chi connectivity index (χ2n) is 8.22. The van der Waals surface area contributed by atoms with E-state index in [1.165, 1.54) is 21.8 Å². The molecule has 4 rings (SSSR count). The SMILES string of the molecule is CCOc1ccc2c(c1)S[C@@H](c1cc(OC)c(OC)c(OC)c1)CCN2Cc1cnn(C)c1C. The molecule has 0 aliphatic carbocycles. The summed E-state index contributed by atoms with van der Waals surface area (Å²) < 4.78 is 24.5. The molecule has 182 valence electrons. The third-order valence-corrected chi connectivity index (χ3v) is 7.64. The molecule has 0 N–H and O–H groups in total. The summed E-state index contributed by atoms with van der Waals surface area (Å²) in [6.07, 6.45) is 2.93. The molecule has 1 aromatic heterocycles. The van der Waals surface area contributed by atoms with Gasteiger partial charge in [0.1, 0.15) is 5.75 Å². The normalized spacial score (nSPS) is 15.5. The van der Waals surface area contributed by atoms with Gasteiger partial charge in [0.05, 0.1) is 39.8 Å². The molecular weight excluding hydrogens is 450 g/mol. The Morgan fingerprint density at radius 2 is 1.79 bits per heavy atom. The molecule has 0 amide bonds. The number of anilines is 1. The molecule has 0 radical (unpaired) electrons. The first-order valence-corrected chi connectivity index (χ1v) is 12.3. The summed E-state index contributed by atoms with van der Waals surface area (Å²) in [5.41, 5.74) is 4.78. The number of benzene rings is 2. The van der Waals surface area contributed by atoms with Crippen LogP contribution in [-0.2, 0) is 13.6 Å². The maximum Gasteiger partial charge on any atom is 0.203 e. The molecule has 2 heterocycles. The van der Waals surface area contributed by atoms with Crippen molar-refractivity contribution in [3.8, 4) is 23.0 Å². The summed E-state index contributed by atoms with van der Waals surface area (Å²) >= 11 is 1.85. The predicted molar refractivity (Wildman–Crippen MR) is 136 cm³/mol. The zero-order valence-electron chi connectivity index (χ0n) is 20.8. The Kier molecular flexibility index (Phi) is 7.46. The van der Waals surface area contributed by atoms with Crippen molar-refractivity contribution in [3.63, 3.8) is 0 Å². The van der Waals surface area contributed by atoms with E-state index in [1.807, 2.05) is 36.6 Å². The van der Waals surface area contributed by atoms with E-state index in [0.717, 1.165) is 30.8 Å². The lowest BCUT2D eigenvalue weighted by Crippen LogP contribution is -2.24. The van der Waals surface area contributed by atoms with Crippen molar-refractivity contribution < 1.29 is 18.9 Å². The van der Waals surface area contributed by atoms with Crippen molar-refractivity contribution in [2.45, 2.75) is 37.0 Å². The molecule has 0 bridgehead atoms. The first kappa shape index (κ1) is 24.1. The lowest BCUT2D eigenvalue weighted by atomic mass is 10.1. The minimum absolute atomic E-state index is 0.212. The summed E-state index contributed by atoms with van der Waals surface area (Å²) in [6.45, 7) is 6.48. The Bertz CT molecular complexity index is 1120. The Morgan fingerprint density at radius 1 is 1.06 bits per heavy atom. The second-order valence-corrected chi connectivity index (χ2v) is 9.46. The van der Waals surface area contributed by atoms with Gasteiger partial charge < -0.3 is 23.8 Å². The molecule has 3 aromatic rings. The van der Waals surface area contributed by atoms with Gasteiger partial charge in [0.2, 0.25) is 5.75 Å². The number of rotatable bonds is 8. The fourth-order valence-electron chi connectivity index (χ4n) is 4.30. The van der Waals surface area contributed by atoms with Crippen molar-refractivity contribution in [2.24, 2.45) is 7.05 Å². The largest absolute Gasteiger partial charge is 0.494 e. The number of methoxy groups -OCH3 is 3. The smallest absolute Gasteiger partial charge is 0.203 e. The van der Waals surface area contributed by atoms with Gasteiger partial charge in [0, 0.05) is 41.5 Å². The molecule has 34 heavy (non-hydrogen) atoms. The second kappa shape index (κ2) is 10.5. The molecule has 1 aliphatic rings. The van der Waals surface area contributed by atoms with Crippen molar-refractivity contribution in [2.75, 3.05) is 39.4 Å². The van der Waals surface area contributed by atoms with Gasteiger partial charge in [-0.2, -0.15) is 5.10 Å². The zero-order valence-corrected chi connectivity index (χ0v) is 21.6. The molecule has 0 unspecified atom stereocenters. The Morgan fingerprint density at radius 3 is 2.38 bits per heavy atom. The highest BCUT2D eigenvalue weighted by Gasteiger charge is 2.27. The average molecular weight is 484 g/mol. The Balaban J connectivity index is 1.73. The molecule has 0 saturated carbocycles. The third kappa shape index (κ3) is 4.78. The van der Waals surface area contributed by atoms with Gasteiger partial charge in [-0.25, -0.2) is 0 Å². The van der Waals surface area contributed by atoms with Gasteiger partial charge in [-0.15, -0.1) is 11.8 Å². The summed E-state index contributed by atoms with van der Waals surface area (Å²) in [7, 11) is 6.93. The van der Waals surface area contributed by atoms with Gasteiger partial charge in [-0.05, 0) is 56.2 Å². The van der Waals surface area contributed by atoms with Crippen LogP contribution >= 0.6 is 11.8 Å². The number of ether oxygens (including phenoxy) is 4. The van der Waals surface area contributed by atoms with Crippen LogP contribution in [0.5, 0.6) is 23.0 Å². The predicted octanol–water partition coefficient (Wildman–Crippen LogP) is 5.40. The van der Waals surface area contributed by atoms with E-state index >= 15 is 0 Å². The fourth-order valence-corrected chi connectivity index (χ4v) is 5.61. The lowest BCUT2D eigenvalue weighted by molar-refractivity contribution is 0.323. The van der Waals surface area contributed by atoms with Crippen molar-refractivity contribution in [1.29, 1.82) is 0 Å². The number of thioether (sulfide) groups is 1. The highest BCUT2D eigenvalue weighted by Crippen LogP contribution is 2.49. The van der Waals surface area contributed by atoms with Crippen LogP contribution in [0.1, 0.15) is 35.4 Å². The van der Waals surface area contributed by atoms with E-state index in [-0.39, 0.29) is 5.25 Å². The van der Waals surface area contributed by atoms with Crippen LogP contribution in [0.2, 0.25) is 0 Å². The maximum absolute atomic E-state index is 5.83. The quantitative estimate of drug-likeness (QED) is 0.425. The van der Waals surface area contributed by atoms with Gasteiger partial charge in [0.15, 0.2) is 11.5 Å². The van der Waals surface area contributed by atoms with E-state index in [2.05, 4.69) is 47.3 Å². The molecule has 1 atom stereocenters.